The molecular weight excluding hydrogens is 204 g/mol. The van der Waals surface area contributed by atoms with Crippen molar-refractivity contribution in [2.24, 2.45) is 35.5 Å². The molecule has 17 heavy (non-hydrogen) atoms. The minimum absolute atomic E-state index is 0.954. The molecule has 2 fully saturated rings. The van der Waals surface area contributed by atoms with Gasteiger partial charge in [-0.15, -0.1) is 0 Å². The van der Waals surface area contributed by atoms with Crippen molar-refractivity contribution in [3.63, 3.8) is 0 Å². The number of fused-ring (bicyclic) bond motifs is 1. The van der Waals surface area contributed by atoms with E-state index in [4.69, 9.17) is 0 Å². The first-order valence-corrected chi connectivity index (χ1v) is 8.10. The molecule has 2 aliphatic rings. The number of rotatable bonds is 1. The van der Waals surface area contributed by atoms with Gasteiger partial charge in [-0.25, -0.2) is 0 Å². The molecule has 0 spiro atoms. The highest BCUT2D eigenvalue weighted by Crippen LogP contribution is 2.51. The van der Waals surface area contributed by atoms with Crippen LogP contribution in [0.4, 0.5) is 0 Å². The Labute approximate surface area is 109 Å². The largest absolute Gasteiger partial charge is 0.0651 e. The molecule has 0 aromatic rings. The van der Waals surface area contributed by atoms with Crippen molar-refractivity contribution in [1.82, 2.24) is 0 Å². The predicted molar refractivity (Wildman–Crippen MR) is 76.0 cm³/mol. The highest BCUT2D eigenvalue weighted by Gasteiger charge is 2.42. The third-order valence-electron chi connectivity index (χ3n) is 5.45. The molecule has 0 saturated heterocycles. The zero-order valence-corrected chi connectivity index (χ0v) is 12.4. The summed E-state index contributed by atoms with van der Waals surface area (Å²) in [4.78, 5) is 0. The summed E-state index contributed by atoms with van der Waals surface area (Å²) in [6.45, 7) is 9.87. The van der Waals surface area contributed by atoms with Gasteiger partial charge in [-0.2, -0.15) is 0 Å². The minimum atomic E-state index is 0.954. The van der Waals surface area contributed by atoms with Gasteiger partial charge in [0, 0.05) is 0 Å². The smallest absolute Gasteiger partial charge is 0.0355 e. The summed E-state index contributed by atoms with van der Waals surface area (Å²) in [6.07, 6.45) is 10.5. The average molecular weight is 236 g/mol. The normalized spacial score (nSPS) is 48.0. The van der Waals surface area contributed by atoms with Gasteiger partial charge in [0.2, 0.25) is 0 Å². The van der Waals surface area contributed by atoms with Crippen LogP contribution >= 0.6 is 0 Å². The summed E-state index contributed by atoms with van der Waals surface area (Å²) in [6, 6.07) is 0. The first-order valence-electron chi connectivity index (χ1n) is 8.10. The Morgan fingerprint density at radius 2 is 1.41 bits per heavy atom. The Bertz CT molecular complexity index is 232. The molecule has 0 heteroatoms. The van der Waals surface area contributed by atoms with Gasteiger partial charge in [0.05, 0.1) is 0 Å². The van der Waals surface area contributed by atoms with E-state index in [0.29, 0.717) is 0 Å². The lowest BCUT2D eigenvalue weighted by atomic mass is 9.85. The van der Waals surface area contributed by atoms with Crippen LogP contribution in [-0.2, 0) is 0 Å². The van der Waals surface area contributed by atoms with Crippen LogP contribution in [0.15, 0.2) is 0 Å². The SMILES string of the molecule is CCC1CCC(C)CC(C)CC(C)CC2CC12. The van der Waals surface area contributed by atoms with Gasteiger partial charge in [0.25, 0.3) is 0 Å². The molecule has 0 bridgehead atoms. The number of hydrogen-bond donors (Lipinski definition) is 0. The van der Waals surface area contributed by atoms with E-state index in [-0.39, 0.29) is 0 Å². The molecule has 2 rings (SSSR count). The zero-order valence-electron chi connectivity index (χ0n) is 12.4. The van der Waals surface area contributed by atoms with Crippen LogP contribution in [0.5, 0.6) is 0 Å². The average Bonchev–Trinajstić information content (AvgIpc) is 2.96. The van der Waals surface area contributed by atoms with Crippen LogP contribution in [0.1, 0.15) is 72.6 Å². The van der Waals surface area contributed by atoms with Crippen molar-refractivity contribution in [3.8, 4) is 0 Å². The van der Waals surface area contributed by atoms with Crippen LogP contribution in [-0.4, -0.2) is 0 Å². The van der Waals surface area contributed by atoms with E-state index in [1.165, 1.54) is 38.5 Å². The Hall–Kier alpha value is 0. The second-order valence-electron chi connectivity index (χ2n) is 7.43. The standard InChI is InChI=1S/C17H32/c1-5-15-7-6-12(2)8-13(3)9-14(4)10-16-11-17(15)16/h12-17H,5-11H2,1-4H3. The molecule has 0 radical (unpaired) electrons. The van der Waals surface area contributed by atoms with Crippen molar-refractivity contribution in [3.05, 3.63) is 0 Å². The molecule has 0 amide bonds. The van der Waals surface area contributed by atoms with Gasteiger partial charge in [-0.1, -0.05) is 40.5 Å². The van der Waals surface area contributed by atoms with Gasteiger partial charge in [0.15, 0.2) is 0 Å². The molecule has 0 nitrogen and oxygen atoms in total. The fraction of sp³-hybridized carbons (Fsp3) is 1.00. The Morgan fingerprint density at radius 1 is 0.765 bits per heavy atom. The van der Waals surface area contributed by atoms with Crippen LogP contribution in [0.25, 0.3) is 0 Å². The zero-order chi connectivity index (χ0) is 12.4. The second-order valence-corrected chi connectivity index (χ2v) is 7.43. The highest BCUT2D eigenvalue weighted by atomic mass is 14.5. The van der Waals surface area contributed by atoms with E-state index in [1.807, 2.05) is 0 Å². The van der Waals surface area contributed by atoms with Gasteiger partial charge >= 0.3 is 0 Å². The predicted octanol–water partition coefficient (Wildman–Crippen LogP) is 5.52. The fourth-order valence-corrected chi connectivity index (χ4v) is 4.54. The quantitative estimate of drug-likeness (QED) is 0.562. The summed E-state index contributed by atoms with van der Waals surface area (Å²) >= 11 is 0. The van der Waals surface area contributed by atoms with Crippen molar-refractivity contribution in [2.45, 2.75) is 72.6 Å². The summed E-state index contributed by atoms with van der Waals surface area (Å²) < 4.78 is 0. The molecule has 2 saturated carbocycles. The van der Waals surface area contributed by atoms with E-state index in [2.05, 4.69) is 27.7 Å². The summed E-state index contributed by atoms with van der Waals surface area (Å²) in [5.74, 6) is 6.17. The van der Waals surface area contributed by atoms with Crippen molar-refractivity contribution < 1.29 is 0 Å². The third kappa shape index (κ3) is 3.73. The second kappa shape index (κ2) is 5.76. The molecule has 100 valence electrons. The maximum atomic E-state index is 2.50. The summed E-state index contributed by atoms with van der Waals surface area (Å²) in [7, 11) is 0. The number of hydrogen-bond acceptors (Lipinski definition) is 0. The molecule has 0 N–H and O–H groups in total. The summed E-state index contributed by atoms with van der Waals surface area (Å²) in [5.41, 5.74) is 0. The molecule has 0 aromatic carbocycles. The molecular formula is C17H32. The first-order chi connectivity index (χ1) is 8.10. The van der Waals surface area contributed by atoms with Crippen LogP contribution in [0, 0.1) is 35.5 Å². The lowest BCUT2D eigenvalue weighted by Crippen LogP contribution is -2.08. The molecule has 0 heterocycles. The first kappa shape index (κ1) is 13.4. The molecule has 0 aliphatic heterocycles. The van der Waals surface area contributed by atoms with Crippen LogP contribution < -0.4 is 0 Å². The fourth-order valence-electron chi connectivity index (χ4n) is 4.54. The van der Waals surface area contributed by atoms with E-state index in [1.54, 1.807) is 6.42 Å². The van der Waals surface area contributed by atoms with Crippen molar-refractivity contribution >= 4 is 0 Å². The highest BCUT2D eigenvalue weighted by molar-refractivity contribution is 4.92. The van der Waals surface area contributed by atoms with Gasteiger partial charge < -0.3 is 0 Å². The topological polar surface area (TPSA) is 0 Å². The van der Waals surface area contributed by atoms with Crippen LogP contribution in [0.2, 0.25) is 0 Å². The molecule has 2 aliphatic carbocycles. The van der Waals surface area contributed by atoms with Gasteiger partial charge in [0.1, 0.15) is 0 Å². The maximum absolute atomic E-state index is 2.50. The van der Waals surface area contributed by atoms with E-state index in [9.17, 15) is 0 Å². The lowest BCUT2D eigenvalue weighted by molar-refractivity contribution is 0.313. The molecule has 6 atom stereocenters. The maximum Gasteiger partial charge on any atom is -0.0355 e. The van der Waals surface area contributed by atoms with Crippen molar-refractivity contribution in [2.75, 3.05) is 0 Å². The Kier molecular flexibility index (Phi) is 4.55. The van der Waals surface area contributed by atoms with E-state index < -0.39 is 0 Å². The Morgan fingerprint density at radius 3 is 2.12 bits per heavy atom. The van der Waals surface area contributed by atoms with E-state index >= 15 is 0 Å². The van der Waals surface area contributed by atoms with Gasteiger partial charge in [-0.3, -0.25) is 0 Å². The minimum Gasteiger partial charge on any atom is -0.0651 e. The van der Waals surface area contributed by atoms with E-state index in [0.717, 1.165) is 35.5 Å². The lowest BCUT2D eigenvalue weighted by Gasteiger charge is -2.20. The van der Waals surface area contributed by atoms with Gasteiger partial charge in [-0.05, 0) is 67.6 Å². The Balaban J connectivity index is 1.96. The third-order valence-corrected chi connectivity index (χ3v) is 5.45. The monoisotopic (exact) mass is 236 g/mol. The van der Waals surface area contributed by atoms with Crippen molar-refractivity contribution in [1.29, 1.82) is 0 Å². The molecule has 0 aromatic heterocycles. The molecule has 6 unspecified atom stereocenters. The van der Waals surface area contributed by atoms with Crippen LogP contribution in [0.3, 0.4) is 0 Å². The summed E-state index contributed by atoms with van der Waals surface area (Å²) in [5, 5.41) is 0.